The Hall–Kier alpha value is -1.88. The van der Waals surface area contributed by atoms with Crippen LogP contribution in [0.1, 0.15) is 11.5 Å². The van der Waals surface area contributed by atoms with E-state index < -0.39 is 5.97 Å². The second kappa shape index (κ2) is 4.32. The molecule has 1 heterocycles. The van der Waals surface area contributed by atoms with Crippen LogP contribution < -0.4 is 0 Å². The molecule has 84 valence electrons. The molecular weight excluding hydrogens is 210 g/mol. The fraction of sp³-hybridized carbons (Fsp3) is 0.273. The molecule has 5 nitrogen and oxygen atoms in total. The first-order chi connectivity index (χ1) is 7.65. The van der Waals surface area contributed by atoms with Crippen molar-refractivity contribution in [3.05, 3.63) is 29.7 Å². The van der Waals surface area contributed by atoms with E-state index in [9.17, 15) is 4.79 Å². The number of hydrogen-bond donors (Lipinski definition) is 1. The number of rotatable bonds is 4. The first-order valence-corrected chi connectivity index (χ1v) is 4.81. The monoisotopic (exact) mass is 221 g/mol. The zero-order valence-corrected chi connectivity index (χ0v) is 8.77. The number of aromatic nitrogens is 1. The lowest BCUT2D eigenvalue weighted by atomic mass is 10.2. The molecule has 2 aromatic rings. The molecule has 0 aliphatic rings. The van der Waals surface area contributed by atoms with Gasteiger partial charge in [0, 0.05) is 0 Å². The molecular formula is C11H11NO4. The number of benzene rings is 1. The van der Waals surface area contributed by atoms with Gasteiger partial charge in [0.1, 0.15) is 18.7 Å². The highest BCUT2D eigenvalue weighted by Crippen LogP contribution is 2.17. The molecule has 0 amide bonds. The zero-order valence-electron chi connectivity index (χ0n) is 8.77. The molecule has 1 N–H and O–H groups in total. The minimum Gasteiger partial charge on any atom is -0.480 e. The Kier molecular flexibility index (Phi) is 2.87. The van der Waals surface area contributed by atoms with Crippen LogP contribution in [0.4, 0.5) is 0 Å². The molecule has 0 bridgehead atoms. The molecule has 0 spiro atoms. The van der Waals surface area contributed by atoms with Crippen LogP contribution in [0.25, 0.3) is 11.1 Å². The molecule has 1 aromatic carbocycles. The molecule has 1 aromatic heterocycles. The number of ether oxygens (including phenoxy) is 1. The third-order valence-electron chi connectivity index (χ3n) is 2.04. The predicted octanol–water partition coefficient (Wildman–Crippen LogP) is 1.74. The van der Waals surface area contributed by atoms with Crippen LogP contribution in [0, 0.1) is 6.92 Å². The van der Waals surface area contributed by atoms with Crippen molar-refractivity contribution >= 4 is 17.1 Å². The molecule has 0 saturated carbocycles. The topological polar surface area (TPSA) is 72.6 Å². The van der Waals surface area contributed by atoms with Crippen LogP contribution in [0.5, 0.6) is 0 Å². The molecule has 0 atom stereocenters. The summed E-state index contributed by atoms with van der Waals surface area (Å²) in [7, 11) is 0. The summed E-state index contributed by atoms with van der Waals surface area (Å²) in [4.78, 5) is 14.4. The number of nitrogens with zero attached hydrogens (tertiary/aromatic N) is 1. The van der Waals surface area contributed by atoms with E-state index in [0.717, 1.165) is 11.1 Å². The van der Waals surface area contributed by atoms with Crippen molar-refractivity contribution in [1.29, 1.82) is 0 Å². The van der Waals surface area contributed by atoms with Crippen molar-refractivity contribution in [1.82, 2.24) is 4.98 Å². The predicted molar refractivity (Wildman–Crippen MR) is 56.0 cm³/mol. The number of carboxylic acid groups (broad SMARTS) is 1. The van der Waals surface area contributed by atoms with Crippen molar-refractivity contribution in [2.45, 2.75) is 13.5 Å². The number of carbonyl (C=O) groups is 1. The Morgan fingerprint density at radius 3 is 3.12 bits per heavy atom. The Morgan fingerprint density at radius 1 is 1.56 bits per heavy atom. The van der Waals surface area contributed by atoms with Gasteiger partial charge in [0.2, 0.25) is 5.89 Å². The summed E-state index contributed by atoms with van der Waals surface area (Å²) in [6.45, 7) is 1.69. The van der Waals surface area contributed by atoms with Crippen molar-refractivity contribution < 1.29 is 19.1 Å². The van der Waals surface area contributed by atoms with E-state index in [2.05, 4.69) is 4.98 Å². The average Bonchev–Trinajstić information content (AvgIpc) is 2.58. The lowest BCUT2D eigenvalue weighted by molar-refractivity contribution is -0.142. The Morgan fingerprint density at radius 2 is 2.38 bits per heavy atom. The molecule has 0 aliphatic carbocycles. The van der Waals surface area contributed by atoms with Crippen LogP contribution in [-0.4, -0.2) is 22.7 Å². The largest absolute Gasteiger partial charge is 0.480 e. The average molecular weight is 221 g/mol. The van der Waals surface area contributed by atoms with Gasteiger partial charge in [-0.25, -0.2) is 9.78 Å². The van der Waals surface area contributed by atoms with Crippen molar-refractivity contribution in [2.24, 2.45) is 0 Å². The number of aryl methyl sites for hydroxylation is 1. The first-order valence-electron chi connectivity index (χ1n) is 4.81. The summed E-state index contributed by atoms with van der Waals surface area (Å²) in [6.07, 6.45) is 0. The minimum atomic E-state index is -1.01. The third-order valence-corrected chi connectivity index (χ3v) is 2.04. The number of fused-ring (bicyclic) bond motifs is 1. The quantitative estimate of drug-likeness (QED) is 0.851. The Labute approximate surface area is 91.7 Å². The Bertz CT molecular complexity index is 518. The second-order valence-corrected chi connectivity index (χ2v) is 3.47. The van der Waals surface area contributed by atoms with E-state index in [4.69, 9.17) is 14.3 Å². The maximum atomic E-state index is 10.2. The van der Waals surface area contributed by atoms with E-state index in [1.165, 1.54) is 0 Å². The summed E-state index contributed by atoms with van der Waals surface area (Å²) < 4.78 is 10.3. The van der Waals surface area contributed by atoms with Crippen LogP contribution >= 0.6 is 0 Å². The Balaban J connectivity index is 2.10. The summed E-state index contributed by atoms with van der Waals surface area (Å²) in [5, 5.41) is 8.39. The van der Waals surface area contributed by atoms with E-state index in [1.54, 1.807) is 0 Å². The molecule has 2 rings (SSSR count). The normalized spacial score (nSPS) is 10.8. The fourth-order valence-corrected chi connectivity index (χ4v) is 1.37. The highest BCUT2D eigenvalue weighted by atomic mass is 16.5. The number of aliphatic carboxylic acids is 1. The minimum absolute atomic E-state index is 0.0695. The van der Waals surface area contributed by atoms with Gasteiger partial charge >= 0.3 is 5.97 Å². The van der Waals surface area contributed by atoms with E-state index in [-0.39, 0.29) is 13.2 Å². The SMILES string of the molecule is Cc1ccc2oc(COCC(=O)O)nc2c1. The van der Waals surface area contributed by atoms with Gasteiger partial charge < -0.3 is 14.3 Å². The molecule has 5 heteroatoms. The summed E-state index contributed by atoms with van der Waals surface area (Å²) in [5.74, 6) is -0.617. The van der Waals surface area contributed by atoms with Crippen molar-refractivity contribution in [2.75, 3.05) is 6.61 Å². The van der Waals surface area contributed by atoms with Gasteiger partial charge in [-0.1, -0.05) is 6.07 Å². The molecule has 0 fully saturated rings. The summed E-state index contributed by atoms with van der Waals surface area (Å²) in [5.41, 5.74) is 2.53. The molecule has 0 saturated heterocycles. The molecule has 16 heavy (non-hydrogen) atoms. The summed E-state index contributed by atoms with van der Waals surface area (Å²) in [6, 6.07) is 5.66. The molecule has 0 unspecified atom stereocenters. The third kappa shape index (κ3) is 2.38. The van der Waals surface area contributed by atoms with Crippen LogP contribution in [0.3, 0.4) is 0 Å². The standard InChI is InChI=1S/C11H11NO4/c1-7-2-3-9-8(4-7)12-10(16-9)5-15-6-11(13)14/h2-4H,5-6H2,1H3,(H,13,14). The van der Waals surface area contributed by atoms with Gasteiger partial charge in [-0.05, 0) is 24.6 Å². The maximum Gasteiger partial charge on any atom is 0.329 e. The summed E-state index contributed by atoms with van der Waals surface area (Å²) >= 11 is 0. The van der Waals surface area contributed by atoms with E-state index >= 15 is 0 Å². The van der Waals surface area contributed by atoms with Gasteiger partial charge in [0.15, 0.2) is 5.58 Å². The van der Waals surface area contributed by atoms with Gasteiger partial charge in [-0.3, -0.25) is 0 Å². The number of carboxylic acids is 1. The van der Waals surface area contributed by atoms with E-state index in [0.29, 0.717) is 11.5 Å². The lowest BCUT2D eigenvalue weighted by Crippen LogP contribution is -2.06. The van der Waals surface area contributed by atoms with Crippen molar-refractivity contribution in [3.63, 3.8) is 0 Å². The van der Waals surface area contributed by atoms with Gasteiger partial charge in [-0.2, -0.15) is 0 Å². The molecule has 0 radical (unpaired) electrons. The van der Waals surface area contributed by atoms with Gasteiger partial charge in [-0.15, -0.1) is 0 Å². The van der Waals surface area contributed by atoms with Crippen LogP contribution in [0.2, 0.25) is 0 Å². The first kappa shape index (κ1) is 10.6. The van der Waals surface area contributed by atoms with Crippen LogP contribution in [-0.2, 0) is 16.1 Å². The second-order valence-electron chi connectivity index (χ2n) is 3.47. The number of hydrogen-bond acceptors (Lipinski definition) is 4. The fourth-order valence-electron chi connectivity index (χ4n) is 1.37. The van der Waals surface area contributed by atoms with Crippen molar-refractivity contribution in [3.8, 4) is 0 Å². The zero-order chi connectivity index (χ0) is 11.5. The van der Waals surface area contributed by atoms with Gasteiger partial charge in [0.25, 0.3) is 0 Å². The van der Waals surface area contributed by atoms with E-state index in [1.807, 2.05) is 25.1 Å². The van der Waals surface area contributed by atoms with Crippen LogP contribution in [0.15, 0.2) is 22.6 Å². The number of oxazole rings is 1. The van der Waals surface area contributed by atoms with Gasteiger partial charge in [0.05, 0.1) is 0 Å². The lowest BCUT2D eigenvalue weighted by Gasteiger charge is -1.94. The molecule has 0 aliphatic heterocycles. The maximum absolute atomic E-state index is 10.2. The smallest absolute Gasteiger partial charge is 0.329 e. The highest BCUT2D eigenvalue weighted by molar-refractivity contribution is 5.73. The highest BCUT2D eigenvalue weighted by Gasteiger charge is 2.06.